The molecule has 1 aliphatic rings. The van der Waals surface area contributed by atoms with Crippen LogP contribution in [0.25, 0.3) is 10.9 Å². The van der Waals surface area contributed by atoms with Gasteiger partial charge in [-0.3, -0.25) is 9.78 Å². The van der Waals surface area contributed by atoms with Crippen molar-refractivity contribution in [3.05, 3.63) is 30.0 Å². The summed E-state index contributed by atoms with van der Waals surface area (Å²) in [7, 11) is 1.69. The van der Waals surface area contributed by atoms with Gasteiger partial charge in [0.1, 0.15) is 11.3 Å². The molecule has 0 spiro atoms. The highest BCUT2D eigenvalue weighted by molar-refractivity contribution is 5.96. The van der Waals surface area contributed by atoms with Gasteiger partial charge in [-0.05, 0) is 37.3 Å². The zero-order valence-corrected chi connectivity index (χ0v) is 17.1. The fourth-order valence-electron chi connectivity index (χ4n) is 3.80. The van der Waals surface area contributed by atoms with E-state index in [9.17, 15) is 4.79 Å². The van der Waals surface area contributed by atoms with Crippen molar-refractivity contribution in [1.29, 1.82) is 0 Å². The Morgan fingerprint density at radius 2 is 2.15 bits per heavy atom. The van der Waals surface area contributed by atoms with E-state index in [4.69, 9.17) is 4.74 Å². The molecule has 2 heterocycles. The Kier molecular flexibility index (Phi) is 5.59. The van der Waals surface area contributed by atoms with E-state index in [1.165, 1.54) is 11.3 Å². The van der Waals surface area contributed by atoms with Crippen molar-refractivity contribution in [2.45, 2.75) is 40.5 Å². The molecule has 1 atom stereocenters. The Morgan fingerprint density at radius 3 is 2.85 bits per heavy atom. The molecular weight excluding hydrogens is 338 g/mol. The third-order valence-electron chi connectivity index (χ3n) is 5.30. The topological polar surface area (TPSA) is 54.5 Å². The van der Waals surface area contributed by atoms with Gasteiger partial charge in [0.15, 0.2) is 0 Å². The molecule has 5 nitrogen and oxygen atoms in total. The Hall–Kier alpha value is -2.30. The molecule has 27 heavy (non-hydrogen) atoms. The standard InChI is InChI=1S/C22H31N3O2/c1-15-12-23-19-17(9-6-10-18(19)27-5)20(15)25-11-7-8-16(14-25)13-24-21(26)22(2,3)4/h6,9-10,12,16H,7-8,11,13-14H2,1-5H3,(H,24,26). The van der Waals surface area contributed by atoms with Crippen LogP contribution in [0.2, 0.25) is 0 Å². The number of pyridine rings is 1. The maximum Gasteiger partial charge on any atom is 0.225 e. The number of aromatic nitrogens is 1. The number of nitrogens with zero attached hydrogens (tertiary/aromatic N) is 2. The van der Waals surface area contributed by atoms with Crippen LogP contribution >= 0.6 is 0 Å². The van der Waals surface area contributed by atoms with Gasteiger partial charge >= 0.3 is 0 Å². The van der Waals surface area contributed by atoms with Crippen LogP contribution in [0.3, 0.4) is 0 Å². The number of rotatable bonds is 4. The first kappa shape index (κ1) is 19.5. The number of hydrogen-bond donors (Lipinski definition) is 1. The number of anilines is 1. The van der Waals surface area contributed by atoms with Gasteiger partial charge in [-0.15, -0.1) is 0 Å². The lowest BCUT2D eigenvalue weighted by Gasteiger charge is -2.36. The minimum Gasteiger partial charge on any atom is -0.494 e. The van der Waals surface area contributed by atoms with Crippen molar-refractivity contribution in [3.8, 4) is 5.75 Å². The van der Waals surface area contributed by atoms with Crippen LogP contribution in [-0.4, -0.2) is 37.6 Å². The molecule has 0 radical (unpaired) electrons. The van der Waals surface area contributed by atoms with E-state index in [0.717, 1.165) is 49.1 Å². The van der Waals surface area contributed by atoms with E-state index in [1.54, 1.807) is 7.11 Å². The average Bonchev–Trinajstić information content (AvgIpc) is 2.64. The number of aryl methyl sites for hydroxylation is 1. The summed E-state index contributed by atoms with van der Waals surface area (Å²) in [6.45, 7) is 10.7. The number of hydrogen-bond acceptors (Lipinski definition) is 4. The van der Waals surface area contributed by atoms with Crippen molar-refractivity contribution >= 4 is 22.5 Å². The molecule has 146 valence electrons. The van der Waals surface area contributed by atoms with Gasteiger partial charge in [0.2, 0.25) is 5.91 Å². The zero-order valence-electron chi connectivity index (χ0n) is 17.1. The molecular formula is C22H31N3O2. The predicted molar refractivity (Wildman–Crippen MR) is 110 cm³/mol. The number of amides is 1. The molecule has 0 saturated carbocycles. The van der Waals surface area contributed by atoms with Crippen LogP contribution < -0.4 is 15.0 Å². The molecule has 0 bridgehead atoms. The monoisotopic (exact) mass is 369 g/mol. The van der Waals surface area contributed by atoms with Gasteiger partial charge < -0.3 is 15.0 Å². The molecule has 1 amide bonds. The van der Waals surface area contributed by atoms with Gasteiger partial charge in [-0.25, -0.2) is 0 Å². The van der Waals surface area contributed by atoms with Crippen LogP contribution in [0.4, 0.5) is 5.69 Å². The molecule has 1 N–H and O–H groups in total. The van der Waals surface area contributed by atoms with E-state index in [0.29, 0.717) is 5.92 Å². The highest BCUT2D eigenvalue weighted by atomic mass is 16.5. The van der Waals surface area contributed by atoms with Gasteiger partial charge in [0.05, 0.1) is 12.8 Å². The Labute approximate surface area is 162 Å². The number of carbonyl (C=O) groups is 1. The fourth-order valence-corrected chi connectivity index (χ4v) is 3.80. The lowest BCUT2D eigenvalue weighted by molar-refractivity contribution is -0.128. The summed E-state index contributed by atoms with van der Waals surface area (Å²) in [6, 6.07) is 6.10. The number of nitrogens with one attached hydrogen (secondary N) is 1. The molecule has 1 fully saturated rings. The van der Waals surface area contributed by atoms with Crippen molar-refractivity contribution in [3.63, 3.8) is 0 Å². The van der Waals surface area contributed by atoms with Crippen molar-refractivity contribution in [2.75, 3.05) is 31.6 Å². The number of carbonyl (C=O) groups excluding carboxylic acids is 1. The predicted octanol–water partition coefficient (Wildman–Crippen LogP) is 3.93. The smallest absolute Gasteiger partial charge is 0.225 e. The summed E-state index contributed by atoms with van der Waals surface area (Å²) in [4.78, 5) is 19.3. The number of piperidine rings is 1. The molecule has 5 heteroatoms. The zero-order chi connectivity index (χ0) is 19.6. The number of fused-ring (bicyclic) bond motifs is 1. The van der Waals surface area contributed by atoms with Gasteiger partial charge in [-0.2, -0.15) is 0 Å². The second-order valence-corrected chi connectivity index (χ2v) is 8.56. The van der Waals surface area contributed by atoms with Gasteiger partial charge in [0.25, 0.3) is 0 Å². The molecule has 2 aromatic rings. The van der Waals surface area contributed by atoms with Crippen molar-refractivity contribution < 1.29 is 9.53 Å². The van der Waals surface area contributed by atoms with Gasteiger partial charge in [-0.1, -0.05) is 32.9 Å². The molecule has 1 unspecified atom stereocenters. The Bertz CT molecular complexity index is 826. The lowest BCUT2D eigenvalue weighted by Crippen LogP contribution is -2.43. The summed E-state index contributed by atoms with van der Waals surface area (Å²) in [6.07, 6.45) is 4.21. The average molecular weight is 370 g/mol. The number of ether oxygens (including phenoxy) is 1. The largest absolute Gasteiger partial charge is 0.494 e. The summed E-state index contributed by atoms with van der Waals surface area (Å²) in [5, 5.41) is 4.27. The summed E-state index contributed by atoms with van der Waals surface area (Å²) < 4.78 is 5.50. The molecule has 3 rings (SSSR count). The minimum atomic E-state index is -0.344. The van der Waals surface area contributed by atoms with Crippen LogP contribution in [0.5, 0.6) is 5.75 Å². The maximum absolute atomic E-state index is 12.2. The Balaban J connectivity index is 1.82. The number of methoxy groups -OCH3 is 1. The molecule has 1 aliphatic heterocycles. The lowest BCUT2D eigenvalue weighted by atomic mass is 9.93. The highest BCUT2D eigenvalue weighted by Gasteiger charge is 2.26. The minimum absolute atomic E-state index is 0.120. The number of para-hydroxylation sites is 1. The third kappa shape index (κ3) is 4.18. The van der Waals surface area contributed by atoms with Crippen molar-refractivity contribution in [1.82, 2.24) is 10.3 Å². The van der Waals surface area contributed by atoms with Crippen LogP contribution in [0, 0.1) is 18.3 Å². The quantitative estimate of drug-likeness (QED) is 0.887. The fraction of sp³-hybridized carbons (Fsp3) is 0.545. The van der Waals surface area contributed by atoms with Gasteiger partial charge in [0, 0.05) is 36.6 Å². The van der Waals surface area contributed by atoms with E-state index in [1.807, 2.05) is 39.1 Å². The molecule has 0 aliphatic carbocycles. The second kappa shape index (κ2) is 7.75. The maximum atomic E-state index is 12.2. The molecule has 1 aromatic carbocycles. The summed E-state index contributed by atoms with van der Waals surface area (Å²) in [5.74, 6) is 1.38. The highest BCUT2D eigenvalue weighted by Crippen LogP contribution is 2.35. The SMILES string of the molecule is COc1cccc2c(N3CCCC(CNC(=O)C(C)(C)C)C3)c(C)cnc12. The third-order valence-corrected chi connectivity index (χ3v) is 5.30. The van der Waals surface area contributed by atoms with E-state index in [-0.39, 0.29) is 11.3 Å². The van der Waals surface area contributed by atoms with Crippen LogP contribution in [0.15, 0.2) is 24.4 Å². The van der Waals surface area contributed by atoms with E-state index in [2.05, 4.69) is 28.2 Å². The molecule has 1 saturated heterocycles. The number of benzene rings is 1. The molecule has 1 aromatic heterocycles. The summed E-state index contributed by atoms with van der Waals surface area (Å²) >= 11 is 0. The van der Waals surface area contributed by atoms with E-state index < -0.39 is 0 Å². The summed E-state index contributed by atoms with van der Waals surface area (Å²) in [5.41, 5.74) is 2.98. The first-order valence-corrected chi connectivity index (χ1v) is 9.77. The van der Waals surface area contributed by atoms with Crippen molar-refractivity contribution in [2.24, 2.45) is 11.3 Å². The normalized spacial score (nSPS) is 17.8. The second-order valence-electron chi connectivity index (χ2n) is 8.56. The van der Waals surface area contributed by atoms with E-state index >= 15 is 0 Å². The van der Waals surface area contributed by atoms with Crippen LogP contribution in [0.1, 0.15) is 39.2 Å². The first-order chi connectivity index (χ1) is 12.8. The first-order valence-electron chi connectivity index (χ1n) is 9.77. The Morgan fingerprint density at radius 1 is 1.37 bits per heavy atom. The van der Waals surface area contributed by atoms with Crippen LogP contribution in [-0.2, 0) is 4.79 Å².